The summed E-state index contributed by atoms with van der Waals surface area (Å²) in [6.45, 7) is 9.35. The Balaban J connectivity index is 2.67. The predicted molar refractivity (Wildman–Crippen MR) is 73.5 cm³/mol. The minimum absolute atomic E-state index is 0.112. The summed E-state index contributed by atoms with van der Waals surface area (Å²) in [6, 6.07) is 8.57. The molecule has 3 heteroatoms. The number of hydrogen-bond donors (Lipinski definition) is 1. The molecule has 1 atom stereocenters. The number of likely N-dealkylation sites (N-methyl/N-ethyl adjacent to an activating group) is 1. The van der Waals surface area contributed by atoms with E-state index in [2.05, 4.69) is 43.0 Å². The molecule has 3 nitrogen and oxygen atoms in total. The lowest BCUT2D eigenvalue weighted by Gasteiger charge is -2.27. The first kappa shape index (κ1) is 14.0. The van der Waals surface area contributed by atoms with Crippen LogP contribution < -0.4 is 10.6 Å². The van der Waals surface area contributed by atoms with Gasteiger partial charge in [0.05, 0.1) is 6.10 Å². The Morgan fingerprint density at radius 2 is 1.88 bits per heavy atom. The highest BCUT2D eigenvalue weighted by Gasteiger charge is 2.12. The van der Waals surface area contributed by atoms with Crippen LogP contribution in [0.1, 0.15) is 19.4 Å². The molecule has 17 heavy (non-hydrogen) atoms. The zero-order valence-electron chi connectivity index (χ0n) is 11.1. The van der Waals surface area contributed by atoms with E-state index in [0.29, 0.717) is 13.2 Å². The Hall–Kier alpha value is -1.06. The summed E-state index contributed by atoms with van der Waals surface area (Å²) in [6.07, 6.45) is 0.112. The lowest BCUT2D eigenvalue weighted by Crippen LogP contribution is -2.38. The predicted octanol–water partition coefficient (Wildman–Crippen LogP) is 2.19. The molecule has 0 aliphatic carbocycles. The van der Waals surface area contributed by atoms with Crippen molar-refractivity contribution in [2.45, 2.75) is 26.9 Å². The van der Waals surface area contributed by atoms with E-state index in [1.165, 1.54) is 11.3 Å². The first-order valence-corrected chi connectivity index (χ1v) is 6.34. The van der Waals surface area contributed by atoms with Crippen molar-refractivity contribution in [2.75, 3.05) is 31.1 Å². The van der Waals surface area contributed by atoms with Gasteiger partial charge in [-0.2, -0.15) is 0 Å². The molecule has 1 rings (SSSR count). The fourth-order valence-electron chi connectivity index (χ4n) is 1.85. The van der Waals surface area contributed by atoms with E-state index >= 15 is 0 Å². The van der Waals surface area contributed by atoms with Gasteiger partial charge < -0.3 is 15.4 Å². The molecule has 0 amide bonds. The molecule has 2 N–H and O–H groups in total. The van der Waals surface area contributed by atoms with Crippen LogP contribution in [0.5, 0.6) is 0 Å². The molecular weight excluding hydrogens is 212 g/mol. The zero-order chi connectivity index (χ0) is 12.7. The smallest absolute Gasteiger partial charge is 0.0871 e. The largest absolute Gasteiger partial charge is 0.375 e. The molecule has 0 fully saturated rings. The second-order valence-electron chi connectivity index (χ2n) is 4.19. The molecule has 0 aromatic heterocycles. The summed E-state index contributed by atoms with van der Waals surface area (Å²) in [5.74, 6) is 0. The Bertz CT molecular complexity index is 311. The van der Waals surface area contributed by atoms with Crippen LogP contribution in [0.2, 0.25) is 0 Å². The van der Waals surface area contributed by atoms with Crippen molar-refractivity contribution in [2.24, 2.45) is 5.73 Å². The highest BCUT2D eigenvalue weighted by atomic mass is 16.5. The summed E-state index contributed by atoms with van der Waals surface area (Å²) in [5.41, 5.74) is 8.23. The van der Waals surface area contributed by atoms with Gasteiger partial charge in [-0.15, -0.1) is 0 Å². The first-order valence-electron chi connectivity index (χ1n) is 6.34. The topological polar surface area (TPSA) is 38.5 Å². The summed E-state index contributed by atoms with van der Waals surface area (Å²) >= 11 is 0. The molecule has 96 valence electrons. The Morgan fingerprint density at radius 1 is 1.24 bits per heavy atom. The Labute approximate surface area is 105 Å². The summed E-state index contributed by atoms with van der Waals surface area (Å²) in [7, 11) is 0. The molecule has 0 aliphatic heterocycles. The van der Waals surface area contributed by atoms with Crippen LogP contribution in [-0.4, -0.2) is 32.3 Å². The van der Waals surface area contributed by atoms with Gasteiger partial charge >= 0.3 is 0 Å². The summed E-state index contributed by atoms with van der Waals surface area (Å²) < 4.78 is 5.60. The van der Waals surface area contributed by atoms with Crippen LogP contribution in [-0.2, 0) is 4.74 Å². The molecule has 1 unspecified atom stereocenters. The van der Waals surface area contributed by atoms with Gasteiger partial charge in [0, 0.05) is 31.9 Å². The van der Waals surface area contributed by atoms with Gasteiger partial charge in [-0.25, -0.2) is 0 Å². The van der Waals surface area contributed by atoms with Crippen LogP contribution in [0.4, 0.5) is 5.69 Å². The minimum atomic E-state index is 0.112. The third-order valence-electron chi connectivity index (χ3n) is 2.87. The third-order valence-corrected chi connectivity index (χ3v) is 2.87. The molecule has 1 aromatic rings. The lowest BCUT2D eigenvalue weighted by atomic mass is 10.2. The molecule has 0 aliphatic rings. The van der Waals surface area contributed by atoms with Gasteiger partial charge in [0.25, 0.3) is 0 Å². The van der Waals surface area contributed by atoms with E-state index in [4.69, 9.17) is 10.5 Å². The molecule has 0 heterocycles. The highest BCUT2D eigenvalue weighted by molar-refractivity contribution is 5.47. The van der Waals surface area contributed by atoms with E-state index in [9.17, 15) is 0 Å². The highest BCUT2D eigenvalue weighted by Crippen LogP contribution is 2.15. The fraction of sp³-hybridized carbons (Fsp3) is 0.571. The minimum Gasteiger partial charge on any atom is -0.375 e. The molecule has 0 saturated heterocycles. The Morgan fingerprint density at radius 3 is 2.35 bits per heavy atom. The van der Waals surface area contributed by atoms with Gasteiger partial charge in [0.15, 0.2) is 0 Å². The standard InChI is InChI=1S/C14H24N2O/c1-4-16(11-14(10-15)17-5-2)13-8-6-12(3)7-9-13/h6-9,14H,4-5,10-11,15H2,1-3H3. The molecular formula is C14H24N2O. The van der Waals surface area contributed by atoms with Crippen LogP contribution in [0.25, 0.3) is 0 Å². The van der Waals surface area contributed by atoms with Crippen molar-refractivity contribution in [3.05, 3.63) is 29.8 Å². The van der Waals surface area contributed by atoms with Gasteiger partial charge in [-0.1, -0.05) is 17.7 Å². The monoisotopic (exact) mass is 236 g/mol. The maximum atomic E-state index is 5.71. The number of ether oxygens (including phenoxy) is 1. The number of benzene rings is 1. The van der Waals surface area contributed by atoms with Crippen molar-refractivity contribution < 1.29 is 4.74 Å². The molecule has 0 bridgehead atoms. The summed E-state index contributed by atoms with van der Waals surface area (Å²) in [4.78, 5) is 2.30. The SMILES string of the molecule is CCOC(CN)CN(CC)c1ccc(C)cc1. The molecule has 1 aromatic carbocycles. The van der Waals surface area contributed by atoms with Crippen LogP contribution >= 0.6 is 0 Å². The van der Waals surface area contributed by atoms with Crippen LogP contribution in [0.15, 0.2) is 24.3 Å². The second-order valence-corrected chi connectivity index (χ2v) is 4.19. The number of anilines is 1. The van der Waals surface area contributed by atoms with E-state index in [0.717, 1.165) is 13.1 Å². The number of hydrogen-bond acceptors (Lipinski definition) is 3. The number of rotatable bonds is 7. The van der Waals surface area contributed by atoms with E-state index in [1.54, 1.807) is 0 Å². The third kappa shape index (κ3) is 4.36. The van der Waals surface area contributed by atoms with Crippen LogP contribution in [0.3, 0.4) is 0 Å². The van der Waals surface area contributed by atoms with Crippen molar-refractivity contribution in [1.82, 2.24) is 0 Å². The summed E-state index contributed by atoms with van der Waals surface area (Å²) in [5, 5.41) is 0. The van der Waals surface area contributed by atoms with Crippen molar-refractivity contribution in [1.29, 1.82) is 0 Å². The van der Waals surface area contributed by atoms with Gasteiger partial charge in [-0.05, 0) is 32.9 Å². The normalized spacial score (nSPS) is 12.5. The second kappa shape index (κ2) is 7.30. The first-order chi connectivity index (χ1) is 8.21. The van der Waals surface area contributed by atoms with E-state index in [-0.39, 0.29) is 6.10 Å². The molecule has 0 saturated carbocycles. The van der Waals surface area contributed by atoms with E-state index in [1.807, 2.05) is 6.92 Å². The fourth-order valence-corrected chi connectivity index (χ4v) is 1.85. The Kier molecular flexibility index (Phi) is 6.01. The quantitative estimate of drug-likeness (QED) is 0.788. The number of aryl methyl sites for hydroxylation is 1. The van der Waals surface area contributed by atoms with Crippen LogP contribution in [0, 0.1) is 6.92 Å². The number of nitrogens with two attached hydrogens (primary N) is 1. The van der Waals surface area contributed by atoms with E-state index < -0.39 is 0 Å². The zero-order valence-corrected chi connectivity index (χ0v) is 11.1. The lowest BCUT2D eigenvalue weighted by molar-refractivity contribution is 0.0738. The van der Waals surface area contributed by atoms with Crippen molar-refractivity contribution in [3.63, 3.8) is 0 Å². The maximum absolute atomic E-state index is 5.71. The molecule has 0 radical (unpaired) electrons. The van der Waals surface area contributed by atoms with Crippen molar-refractivity contribution in [3.8, 4) is 0 Å². The van der Waals surface area contributed by atoms with Gasteiger partial charge in [-0.3, -0.25) is 0 Å². The average Bonchev–Trinajstić information content (AvgIpc) is 2.36. The number of nitrogens with zero attached hydrogens (tertiary/aromatic N) is 1. The van der Waals surface area contributed by atoms with Gasteiger partial charge in [0.1, 0.15) is 0 Å². The van der Waals surface area contributed by atoms with Crippen molar-refractivity contribution >= 4 is 5.69 Å². The maximum Gasteiger partial charge on any atom is 0.0871 e. The van der Waals surface area contributed by atoms with Gasteiger partial charge in [0.2, 0.25) is 0 Å². The molecule has 0 spiro atoms. The average molecular weight is 236 g/mol.